The van der Waals surface area contributed by atoms with Crippen molar-refractivity contribution in [2.75, 3.05) is 27.7 Å². The molecule has 4 nitrogen and oxygen atoms in total. The molecule has 0 aliphatic heterocycles. The van der Waals surface area contributed by atoms with Gasteiger partial charge in [0.2, 0.25) is 0 Å². The van der Waals surface area contributed by atoms with Crippen molar-refractivity contribution in [3.63, 3.8) is 0 Å². The summed E-state index contributed by atoms with van der Waals surface area (Å²) in [6.45, 7) is 5.90. The van der Waals surface area contributed by atoms with Crippen molar-refractivity contribution in [2.24, 2.45) is 0 Å². The summed E-state index contributed by atoms with van der Waals surface area (Å²) in [7, 11) is 2.50. The normalized spacial score (nSPS) is 13.2. The van der Waals surface area contributed by atoms with Crippen molar-refractivity contribution < 1.29 is 14.0 Å². The number of hydrogen-bond acceptors (Lipinski definition) is 3. The van der Waals surface area contributed by atoms with Crippen molar-refractivity contribution >= 4 is 7.60 Å². The van der Waals surface area contributed by atoms with Crippen molar-refractivity contribution in [1.82, 2.24) is 4.90 Å². The van der Waals surface area contributed by atoms with E-state index in [1.807, 2.05) is 26.0 Å². The maximum atomic E-state index is 11.1. The second-order valence-electron chi connectivity index (χ2n) is 7.52. The van der Waals surface area contributed by atoms with Crippen LogP contribution in [-0.4, -0.2) is 37.5 Å². The molecule has 0 heterocycles. The van der Waals surface area contributed by atoms with E-state index in [0.29, 0.717) is 6.61 Å². The van der Waals surface area contributed by atoms with Crippen LogP contribution in [0.4, 0.5) is 0 Å². The predicted molar refractivity (Wildman–Crippen MR) is 116 cm³/mol. The third-order valence-electron chi connectivity index (χ3n) is 4.00. The summed E-state index contributed by atoms with van der Waals surface area (Å²) < 4.78 is 16.0. The molecule has 0 saturated heterocycles. The zero-order valence-corrected chi connectivity index (χ0v) is 18.9. The van der Waals surface area contributed by atoms with Crippen molar-refractivity contribution in [1.29, 1.82) is 0 Å². The highest BCUT2D eigenvalue weighted by atomic mass is 31.2. The molecule has 0 aliphatic rings. The summed E-state index contributed by atoms with van der Waals surface area (Å²) in [5, 5.41) is 0. The van der Waals surface area contributed by atoms with E-state index < -0.39 is 7.60 Å². The Morgan fingerprint density at radius 3 is 1.42 bits per heavy atom. The van der Waals surface area contributed by atoms with Crippen LogP contribution < -0.4 is 0 Å². The molecule has 0 amide bonds. The minimum absolute atomic E-state index is 0.359. The van der Waals surface area contributed by atoms with E-state index in [1.54, 1.807) is 0 Å². The molecule has 0 aromatic heterocycles. The third-order valence-corrected chi connectivity index (χ3v) is 5.02. The second-order valence-corrected chi connectivity index (χ2v) is 9.27. The number of rotatable bonds is 17. The van der Waals surface area contributed by atoms with E-state index in [1.165, 1.54) is 77.0 Å². The maximum Gasteiger partial charge on any atom is 0.351 e. The predicted octanol–water partition coefficient (Wildman–Crippen LogP) is 6.99. The van der Waals surface area contributed by atoms with Gasteiger partial charge in [0.25, 0.3) is 0 Å². The average molecular weight is 392 g/mol. The fraction of sp³-hybridized carbons (Fsp3) is 0.905. The molecule has 158 valence electrons. The minimum Gasteiger partial charge on any atom is -0.321 e. The molecule has 0 aliphatic carbocycles. The molecule has 1 unspecified atom stereocenters. The fourth-order valence-corrected chi connectivity index (χ4v) is 3.04. The first kappa shape index (κ1) is 28.1. The van der Waals surface area contributed by atoms with E-state index in [-0.39, 0.29) is 0 Å². The Bertz CT molecular complexity index is 332. The van der Waals surface area contributed by atoms with Crippen molar-refractivity contribution in [2.45, 2.75) is 96.8 Å². The highest BCUT2D eigenvalue weighted by Gasteiger charge is 2.11. The van der Waals surface area contributed by atoms with E-state index in [9.17, 15) is 4.57 Å². The van der Waals surface area contributed by atoms with Gasteiger partial charge in [0.15, 0.2) is 0 Å². The lowest BCUT2D eigenvalue weighted by molar-refractivity contribution is 0.260. The summed E-state index contributed by atoms with van der Waals surface area (Å²) in [6, 6.07) is 0. The molecular weight excluding hydrogens is 345 g/mol. The third kappa shape index (κ3) is 28.6. The molecule has 1 N–H and O–H groups in total. The van der Waals surface area contributed by atoms with Gasteiger partial charge in [0, 0.05) is 5.82 Å². The first-order chi connectivity index (χ1) is 12.4. The molecule has 0 spiro atoms. The zero-order valence-electron chi connectivity index (χ0n) is 18.0. The van der Waals surface area contributed by atoms with Crippen LogP contribution >= 0.6 is 7.60 Å². The SMILES string of the molecule is C=CP(=O)(O)OCCCCCCCCCCCCCCCC.CN(C)C. The molecule has 0 saturated carbocycles. The lowest BCUT2D eigenvalue weighted by Gasteiger charge is -2.07. The molecular formula is C21H46NO3P. The Balaban J connectivity index is 0. The van der Waals surface area contributed by atoms with Crippen LogP contribution in [0.2, 0.25) is 0 Å². The zero-order chi connectivity index (χ0) is 20.1. The van der Waals surface area contributed by atoms with Crippen LogP contribution in [0.25, 0.3) is 0 Å². The molecule has 0 bridgehead atoms. The van der Waals surface area contributed by atoms with Crippen LogP contribution in [0.1, 0.15) is 96.8 Å². The van der Waals surface area contributed by atoms with Gasteiger partial charge in [0.1, 0.15) is 0 Å². The highest BCUT2D eigenvalue weighted by molar-refractivity contribution is 7.56. The molecule has 0 radical (unpaired) electrons. The Labute approximate surface area is 163 Å². The van der Waals surface area contributed by atoms with Crippen molar-refractivity contribution in [3.05, 3.63) is 12.4 Å². The summed E-state index contributed by atoms with van der Waals surface area (Å²) in [6.07, 6.45) is 18.2. The Morgan fingerprint density at radius 2 is 1.12 bits per heavy atom. The first-order valence-electron chi connectivity index (χ1n) is 10.6. The minimum atomic E-state index is -3.50. The highest BCUT2D eigenvalue weighted by Crippen LogP contribution is 2.42. The van der Waals surface area contributed by atoms with Gasteiger partial charge < -0.3 is 14.3 Å². The van der Waals surface area contributed by atoms with Crippen molar-refractivity contribution in [3.8, 4) is 0 Å². The monoisotopic (exact) mass is 391 g/mol. The lowest BCUT2D eigenvalue weighted by Crippen LogP contribution is -1.99. The smallest absolute Gasteiger partial charge is 0.321 e. The molecule has 0 aromatic rings. The average Bonchev–Trinajstić information content (AvgIpc) is 2.58. The van der Waals surface area contributed by atoms with Crippen LogP contribution in [0.5, 0.6) is 0 Å². The Kier molecular flexibility index (Phi) is 22.8. The molecule has 0 fully saturated rings. The van der Waals surface area contributed by atoms with E-state index in [2.05, 4.69) is 13.5 Å². The Morgan fingerprint density at radius 1 is 0.808 bits per heavy atom. The van der Waals surface area contributed by atoms with Gasteiger partial charge in [-0.3, -0.25) is 4.57 Å². The van der Waals surface area contributed by atoms with Gasteiger partial charge in [0.05, 0.1) is 6.61 Å². The van der Waals surface area contributed by atoms with E-state index in [0.717, 1.165) is 18.7 Å². The van der Waals surface area contributed by atoms with Crippen LogP contribution in [0, 0.1) is 0 Å². The van der Waals surface area contributed by atoms with E-state index in [4.69, 9.17) is 9.42 Å². The first-order valence-corrected chi connectivity index (χ1v) is 12.2. The van der Waals surface area contributed by atoms with Gasteiger partial charge in [-0.1, -0.05) is 97.0 Å². The summed E-state index contributed by atoms with van der Waals surface area (Å²) in [5.74, 6) is 0.997. The van der Waals surface area contributed by atoms with Gasteiger partial charge in [-0.25, -0.2) is 0 Å². The molecule has 26 heavy (non-hydrogen) atoms. The number of unbranched alkanes of at least 4 members (excludes halogenated alkanes) is 13. The molecule has 5 heteroatoms. The topological polar surface area (TPSA) is 49.8 Å². The van der Waals surface area contributed by atoms with Crippen LogP contribution in [0.3, 0.4) is 0 Å². The number of nitrogens with zero attached hydrogens (tertiary/aromatic N) is 1. The van der Waals surface area contributed by atoms with Crippen LogP contribution in [-0.2, 0) is 9.09 Å². The second kappa shape index (κ2) is 21.2. The van der Waals surface area contributed by atoms with Gasteiger partial charge in [-0.05, 0) is 27.6 Å². The van der Waals surface area contributed by atoms with Crippen LogP contribution in [0.15, 0.2) is 12.4 Å². The largest absolute Gasteiger partial charge is 0.351 e. The summed E-state index contributed by atoms with van der Waals surface area (Å²) in [4.78, 5) is 11.1. The van der Waals surface area contributed by atoms with Gasteiger partial charge >= 0.3 is 7.60 Å². The lowest BCUT2D eigenvalue weighted by atomic mass is 10.0. The van der Waals surface area contributed by atoms with E-state index >= 15 is 0 Å². The summed E-state index contributed by atoms with van der Waals surface area (Å²) in [5.41, 5.74) is 0. The quantitative estimate of drug-likeness (QED) is 0.214. The number of hydrogen-bond donors (Lipinski definition) is 1. The summed E-state index contributed by atoms with van der Waals surface area (Å²) >= 11 is 0. The standard InChI is InChI=1S/C18H37O3P.C3H9N/c1-3-5-6-7-8-9-10-11-12-13-14-15-16-17-18-21-22(19,20)4-2;1-4(2)3/h4H,2-3,5-18H2,1H3,(H,19,20);1-3H3. The Hall–Kier alpha value is -0.150. The maximum absolute atomic E-state index is 11.1. The van der Waals surface area contributed by atoms with Gasteiger partial charge in [-0.2, -0.15) is 0 Å². The molecule has 0 rings (SSSR count). The van der Waals surface area contributed by atoms with Gasteiger partial charge in [-0.15, -0.1) is 0 Å². The fourth-order valence-electron chi connectivity index (χ4n) is 2.54. The molecule has 0 aromatic carbocycles. The molecule has 1 atom stereocenters.